The molecule has 108 valence electrons. The van der Waals surface area contributed by atoms with Gasteiger partial charge in [0.15, 0.2) is 0 Å². The molecule has 0 radical (unpaired) electrons. The number of aliphatic hydroxyl groups is 1. The molecule has 1 N–H and O–H groups in total. The monoisotopic (exact) mass is 361 g/mol. The average molecular weight is 362 g/mol. The Hall–Kier alpha value is -1.23. The summed E-state index contributed by atoms with van der Waals surface area (Å²) in [6, 6.07) is 14.2. The number of pyridine rings is 1. The fourth-order valence-corrected chi connectivity index (χ4v) is 3.94. The van der Waals surface area contributed by atoms with E-state index >= 15 is 0 Å². The number of hydrogen-bond acceptors (Lipinski definition) is 3. The Labute approximate surface area is 136 Å². The quantitative estimate of drug-likeness (QED) is 0.716. The molecule has 0 amide bonds. The van der Waals surface area contributed by atoms with Gasteiger partial charge in [0.2, 0.25) is 0 Å². The zero-order valence-electron chi connectivity index (χ0n) is 11.7. The molecular formula is C17H16BrNOS. The van der Waals surface area contributed by atoms with Crippen LogP contribution in [0.5, 0.6) is 0 Å². The summed E-state index contributed by atoms with van der Waals surface area (Å²) in [5, 5.41) is 11.6. The van der Waals surface area contributed by atoms with Gasteiger partial charge in [-0.1, -0.05) is 25.1 Å². The molecule has 3 rings (SSSR count). The van der Waals surface area contributed by atoms with Gasteiger partial charge in [-0.05, 0) is 46.6 Å². The number of hydrogen-bond donors (Lipinski definition) is 1. The van der Waals surface area contributed by atoms with E-state index in [1.807, 2.05) is 30.3 Å². The Balaban J connectivity index is 1.89. The lowest BCUT2D eigenvalue weighted by molar-refractivity contribution is 0.174. The third kappa shape index (κ3) is 3.18. The lowest BCUT2D eigenvalue weighted by atomic mass is 10.1. The molecule has 1 aromatic carbocycles. The molecule has 0 saturated carbocycles. The number of thiophene rings is 1. The predicted molar refractivity (Wildman–Crippen MR) is 91.8 cm³/mol. The second-order valence-corrected chi connectivity index (χ2v) is 7.10. The van der Waals surface area contributed by atoms with Crippen molar-refractivity contribution >= 4 is 38.2 Å². The summed E-state index contributed by atoms with van der Waals surface area (Å²) >= 11 is 5.29. The lowest BCUT2D eigenvalue weighted by Crippen LogP contribution is -2.04. The van der Waals surface area contributed by atoms with E-state index in [1.165, 1.54) is 9.75 Å². The molecule has 0 aliphatic heterocycles. The third-order valence-electron chi connectivity index (χ3n) is 3.48. The molecule has 4 heteroatoms. The van der Waals surface area contributed by atoms with Crippen LogP contribution in [0.25, 0.3) is 10.9 Å². The fourth-order valence-electron chi connectivity index (χ4n) is 2.35. The largest absolute Gasteiger partial charge is 0.386 e. The van der Waals surface area contributed by atoms with Crippen LogP contribution in [0.2, 0.25) is 0 Å². The number of rotatable bonds is 4. The van der Waals surface area contributed by atoms with Crippen molar-refractivity contribution in [1.29, 1.82) is 0 Å². The Kier molecular flexibility index (Phi) is 4.38. The highest BCUT2D eigenvalue weighted by Crippen LogP contribution is 2.29. The Morgan fingerprint density at radius 2 is 1.95 bits per heavy atom. The Bertz CT molecular complexity index is 768. The minimum absolute atomic E-state index is 0.590. The zero-order valence-corrected chi connectivity index (χ0v) is 14.1. The highest BCUT2D eigenvalue weighted by Gasteiger charge is 2.16. The molecule has 0 aliphatic carbocycles. The van der Waals surface area contributed by atoms with Crippen LogP contribution < -0.4 is 0 Å². The van der Waals surface area contributed by atoms with Crippen LogP contribution in [-0.4, -0.2) is 10.1 Å². The Morgan fingerprint density at radius 3 is 2.71 bits per heavy atom. The molecule has 1 unspecified atom stereocenters. The van der Waals surface area contributed by atoms with E-state index in [1.54, 1.807) is 11.3 Å². The average Bonchev–Trinajstić information content (AvgIpc) is 2.94. The minimum Gasteiger partial charge on any atom is -0.386 e. The number of nitrogens with zero attached hydrogens (tertiary/aromatic N) is 1. The van der Waals surface area contributed by atoms with E-state index < -0.39 is 6.10 Å². The van der Waals surface area contributed by atoms with Crippen molar-refractivity contribution in [3.05, 3.63) is 62.4 Å². The normalized spacial score (nSPS) is 12.7. The van der Waals surface area contributed by atoms with E-state index in [9.17, 15) is 5.11 Å². The molecule has 21 heavy (non-hydrogen) atoms. The number of aryl methyl sites for hydroxylation is 1. The molecule has 0 fully saturated rings. The maximum absolute atomic E-state index is 10.5. The zero-order chi connectivity index (χ0) is 14.8. The summed E-state index contributed by atoms with van der Waals surface area (Å²) in [5.41, 5.74) is 1.62. The molecule has 0 bridgehead atoms. The molecule has 2 heterocycles. The second kappa shape index (κ2) is 6.26. The van der Waals surface area contributed by atoms with Crippen LogP contribution in [0, 0.1) is 0 Å². The van der Waals surface area contributed by atoms with Crippen LogP contribution in [0.3, 0.4) is 0 Å². The molecule has 3 aromatic rings. The number of halogens is 1. The maximum Gasteiger partial charge on any atom is 0.102 e. The smallest absolute Gasteiger partial charge is 0.102 e. The third-order valence-corrected chi connectivity index (χ3v) is 5.37. The van der Waals surface area contributed by atoms with Crippen LogP contribution in [0.1, 0.15) is 28.5 Å². The van der Waals surface area contributed by atoms with Crippen LogP contribution in [-0.2, 0) is 12.8 Å². The van der Waals surface area contributed by atoms with Crippen LogP contribution in [0.4, 0.5) is 0 Å². The summed E-state index contributed by atoms with van der Waals surface area (Å²) in [5.74, 6) is 0. The lowest BCUT2D eigenvalue weighted by Gasteiger charge is -2.12. The van der Waals surface area contributed by atoms with Crippen molar-refractivity contribution in [2.24, 2.45) is 0 Å². The molecular weight excluding hydrogens is 346 g/mol. The van der Waals surface area contributed by atoms with Gasteiger partial charge < -0.3 is 5.11 Å². The predicted octanol–water partition coefficient (Wildman–Crippen LogP) is 4.90. The van der Waals surface area contributed by atoms with Gasteiger partial charge in [0.25, 0.3) is 0 Å². The molecule has 2 nitrogen and oxygen atoms in total. The summed E-state index contributed by atoms with van der Waals surface area (Å²) in [6.07, 6.45) is 1.06. The van der Waals surface area contributed by atoms with Gasteiger partial charge in [0.05, 0.1) is 11.2 Å². The highest BCUT2D eigenvalue weighted by atomic mass is 79.9. The number of benzene rings is 1. The van der Waals surface area contributed by atoms with Gasteiger partial charge in [0, 0.05) is 26.0 Å². The fraction of sp³-hybridized carbons (Fsp3) is 0.235. The first kappa shape index (κ1) is 14.7. The number of aromatic nitrogens is 1. The number of para-hydroxylation sites is 1. The van der Waals surface area contributed by atoms with E-state index in [4.69, 9.17) is 0 Å². The van der Waals surface area contributed by atoms with Crippen molar-refractivity contribution in [2.45, 2.75) is 25.9 Å². The first-order chi connectivity index (χ1) is 10.2. The second-order valence-electron chi connectivity index (χ2n) is 4.99. The standard InChI is InChI=1S/C17H16BrNOS/c1-2-12-7-8-13(21-12)10-16(20)17-14(18)9-11-5-3-4-6-15(11)19-17/h3-9,16,20H,2,10H2,1H3. The van der Waals surface area contributed by atoms with Crippen molar-refractivity contribution in [3.63, 3.8) is 0 Å². The van der Waals surface area contributed by atoms with Gasteiger partial charge in [0.1, 0.15) is 6.10 Å². The first-order valence-corrected chi connectivity index (χ1v) is 8.59. The van der Waals surface area contributed by atoms with E-state index in [-0.39, 0.29) is 0 Å². The van der Waals surface area contributed by atoms with Gasteiger partial charge in [-0.25, -0.2) is 4.98 Å². The number of fused-ring (bicyclic) bond motifs is 1. The van der Waals surface area contributed by atoms with Gasteiger partial charge in [-0.2, -0.15) is 0 Å². The van der Waals surface area contributed by atoms with Crippen molar-refractivity contribution in [1.82, 2.24) is 4.98 Å². The summed E-state index contributed by atoms with van der Waals surface area (Å²) in [6.45, 7) is 2.15. The topological polar surface area (TPSA) is 33.1 Å². The van der Waals surface area contributed by atoms with Gasteiger partial charge in [-0.3, -0.25) is 0 Å². The van der Waals surface area contributed by atoms with Gasteiger partial charge in [-0.15, -0.1) is 11.3 Å². The molecule has 0 aliphatic rings. The molecule has 0 saturated heterocycles. The SMILES string of the molecule is CCc1ccc(CC(O)c2nc3ccccc3cc2Br)s1. The maximum atomic E-state index is 10.5. The summed E-state index contributed by atoms with van der Waals surface area (Å²) in [7, 11) is 0. The molecule has 0 spiro atoms. The minimum atomic E-state index is -0.590. The van der Waals surface area contributed by atoms with Crippen molar-refractivity contribution < 1.29 is 5.11 Å². The molecule has 2 aromatic heterocycles. The van der Waals surface area contributed by atoms with E-state index in [2.05, 4.69) is 40.0 Å². The Morgan fingerprint density at radius 1 is 1.19 bits per heavy atom. The van der Waals surface area contributed by atoms with Crippen LogP contribution >= 0.6 is 27.3 Å². The van der Waals surface area contributed by atoms with E-state index in [0.717, 1.165) is 21.8 Å². The molecule has 1 atom stereocenters. The van der Waals surface area contributed by atoms with Crippen molar-refractivity contribution in [2.75, 3.05) is 0 Å². The van der Waals surface area contributed by atoms with Crippen LogP contribution in [0.15, 0.2) is 46.9 Å². The van der Waals surface area contributed by atoms with E-state index in [0.29, 0.717) is 12.1 Å². The first-order valence-electron chi connectivity index (χ1n) is 6.98. The highest BCUT2D eigenvalue weighted by molar-refractivity contribution is 9.10. The summed E-state index contributed by atoms with van der Waals surface area (Å²) < 4.78 is 0.862. The van der Waals surface area contributed by atoms with Gasteiger partial charge >= 0.3 is 0 Å². The summed E-state index contributed by atoms with van der Waals surface area (Å²) in [4.78, 5) is 7.15. The number of aliphatic hydroxyl groups excluding tert-OH is 1. The van der Waals surface area contributed by atoms with Crippen molar-refractivity contribution in [3.8, 4) is 0 Å².